The Morgan fingerprint density at radius 2 is 1.96 bits per heavy atom. The van der Waals surface area contributed by atoms with Crippen LogP contribution in [0.1, 0.15) is 51.2 Å². The van der Waals surface area contributed by atoms with Crippen LogP contribution in [0.25, 0.3) is 6.08 Å². The van der Waals surface area contributed by atoms with Crippen molar-refractivity contribution in [2.75, 3.05) is 0 Å². The Bertz CT molecular complexity index is 703. The van der Waals surface area contributed by atoms with Gasteiger partial charge in [-0.2, -0.15) is 5.26 Å². The van der Waals surface area contributed by atoms with E-state index in [1.165, 1.54) is 12.5 Å². The molecule has 0 heterocycles. The third-order valence-corrected chi connectivity index (χ3v) is 5.15. The van der Waals surface area contributed by atoms with Crippen molar-refractivity contribution in [3.8, 4) is 6.07 Å². The topological polar surface area (TPSA) is 79.2 Å². The molecule has 0 saturated heterocycles. The second-order valence-electron chi connectivity index (χ2n) is 7.03. The van der Waals surface area contributed by atoms with Crippen molar-refractivity contribution in [2.45, 2.75) is 52.2 Å². The van der Waals surface area contributed by atoms with Crippen LogP contribution in [0.4, 0.5) is 0 Å². The Hall–Kier alpha value is -2.61. The Balaban J connectivity index is 1.84. The molecule has 0 aliphatic heterocycles. The highest BCUT2D eigenvalue weighted by atomic mass is 16.5. The standard InChI is InChI=1S/C21H26N2O3/c1-14-5-4-6-19(15(14)2)23-21(25)16(3)26-20(24)12-11-17-7-9-18(13-22)10-8-17/h7-12,14-16,19H,4-6H2,1-3H3,(H,23,25)/b12-11+/t14-,15+,16+,19-/m0/s1. The van der Waals surface area contributed by atoms with Gasteiger partial charge in [-0.05, 0) is 49.0 Å². The smallest absolute Gasteiger partial charge is 0.331 e. The first-order valence-electron chi connectivity index (χ1n) is 9.10. The molecule has 5 heteroatoms. The molecule has 0 spiro atoms. The van der Waals surface area contributed by atoms with Gasteiger partial charge in [0.1, 0.15) is 0 Å². The van der Waals surface area contributed by atoms with E-state index < -0.39 is 12.1 Å². The van der Waals surface area contributed by atoms with Gasteiger partial charge in [0, 0.05) is 12.1 Å². The first kappa shape index (κ1) is 19.7. The number of nitrogens with zero attached hydrogens (tertiary/aromatic N) is 1. The number of benzene rings is 1. The van der Waals surface area contributed by atoms with Crippen LogP contribution in [0.15, 0.2) is 30.3 Å². The zero-order valence-corrected chi connectivity index (χ0v) is 15.6. The molecule has 0 radical (unpaired) electrons. The quantitative estimate of drug-likeness (QED) is 0.649. The fourth-order valence-corrected chi connectivity index (χ4v) is 3.19. The van der Waals surface area contributed by atoms with Gasteiger partial charge in [-0.25, -0.2) is 4.79 Å². The van der Waals surface area contributed by atoms with E-state index in [-0.39, 0.29) is 11.9 Å². The number of nitriles is 1. The fourth-order valence-electron chi connectivity index (χ4n) is 3.19. The van der Waals surface area contributed by atoms with Crippen molar-refractivity contribution in [3.05, 3.63) is 41.5 Å². The number of amides is 1. The molecule has 1 aliphatic rings. The molecule has 5 nitrogen and oxygen atoms in total. The minimum atomic E-state index is -0.836. The van der Waals surface area contributed by atoms with Crippen molar-refractivity contribution >= 4 is 18.0 Å². The van der Waals surface area contributed by atoms with Crippen LogP contribution in [0.3, 0.4) is 0 Å². The molecular weight excluding hydrogens is 328 g/mol. The summed E-state index contributed by atoms with van der Waals surface area (Å²) in [6.45, 7) is 5.95. The molecular formula is C21H26N2O3. The summed E-state index contributed by atoms with van der Waals surface area (Å²) in [7, 11) is 0. The maximum absolute atomic E-state index is 12.3. The number of hydrogen-bond acceptors (Lipinski definition) is 4. The highest BCUT2D eigenvalue weighted by Gasteiger charge is 2.29. The van der Waals surface area contributed by atoms with E-state index in [9.17, 15) is 9.59 Å². The predicted octanol–water partition coefficient (Wildman–Crippen LogP) is 3.44. The van der Waals surface area contributed by atoms with Crippen molar-refractivity contribution in [1.29, 1.82) is 5.26 Å². The van der Waals surface area contributed by atoms with Gasteiger partial charge in [0.25, 0.3) is 5.91 Å². The van der Waals surface area contributed by atoms with E-state index in [1.807, 2.05) is 6.07 Å². The number of esters is 1. The molecule has 1 amide bonds. The Morgan fingerprint density at radius 1 is 1.27 bits per heavy atom. The molecule has 4 atom stereocenters. The van der Waals surface area contributed by atoms with Gasteiger partial charge >= 0.3 is 5.97 Å². The van der Waals surface area contributed by atoms with Gasteiger partial charge in [0.2, 0.25) is 0 Å². The van der Waals surface area contributed by atoms with Crippen LogP contribution in [-0.2, 0) is 14.3 Å². The SMILES string of the molecule is C[C@H]1[C@@H](NC(=O)[C@@H](C)OC(=O)/C=C/c2ccc(C#N)cc2)CCC[C@@H]1C. The first-order chi connectivity index (χ1) is 12.4. The highest BCUT2D eigenvalue weighted by molar-refractivity contribution is 5.90. The summed E-state index contributed by atoms with van der Waals surface area (Å²) in [5, 5.41) is 11.8. The molecule has 1 aromatic carbocycles. The first-order valence-corrected chi connectivity index (χ1v) is 9.10. The molecule has 138 valence electrons. The second-order valence-corrected chi connectivity index (χ2v) is 7.03. The lowest BCUT2D eigenvalue weighted by atomic mass is 9.78. The van der Waals surface area contributed by atoms with Gasteiger partial charge < -0.3 is 10.1 Å². The van der Waals surface area contributed by atoms with E-state index in [4.69, 9.17) is 10.00 Å². The summed E-state index contributed by atoms with van der Waals surface area (Å²) >= 11 is 0. The third kappa shape index (κ3) is 5.45. The molecule has 1 aliphatic carbocycles. The lowest BCUT2D eigenvalue weighted by Gasteiger charge is -2.35. The van der Waals surface area contributed by atoms with Crippen LogP contribution in [-0.4, -0.2) is 24.0 Å². The molecule has 0 unspecified atom stereocenters. The van der Waals surface area contributed by atoms with Crippen molar-refractivity contribution in [2.24, 2.45) is 11.8 Å². The van der Waals surface area contributed by atoms with Crippen molar-refractivity contribution < 1.29 is 14.3 Å². The summed E-state index contributed by atoms with van der Waals surface area (Å²) in [6.07, 6.45) is 5.32. The van der Waals surface area contributed by atoms with Gasteiger partial charge in [0.05, 0.1) is 11.6 Å². The summed E-state index contributed by atoms with van der Waals surface area (Å²) in [5.74, 6) is 0.187. The van der Waals surface area contributed by atoms with Gasteiger partial charge in [-0.1, -0.05) is 38.8 Å². The minimum Gasteiger partial charge on any atom is -0.449 e. The molecule has 0 aromatic heterocycles. The summed E-state index contributed by atoms with van der Waals surface area (Å²) in [6, 6.07) is 9.01. The van der Waals surface area contributed by atoms with Gasteiger partial charge in [0.15, 0.2) is 6.10 Å². The maximum Gasteiger partial charge on any atom is 0.331 e. The molecule has 1 saturated carbocycles. The Labute approximate surface area is 155 Å². The third-order valence-electron chi connectivity index (χ3n) is 5.15. The number of carbonyl (C=O) groups is 2. The molecule has 0 bridgehead atoms. The van der Waals surface area contributed by atoms with Crippen molar-refractivity contribution in [3.63, 3.8) is 0 Å². The second kappa shape index (κ2) is 9.19. The van der Waals surface area contributed by atoms with E-state index in [0.717, 1.165) is 18.4 Å². The molecule has 2 rings (SSSR count). The number of hydrogen-bond donors (Lipinski definition) is 1. The largest absolute Gasteiger partial charge is 0.449 e. The number of ether oxygens (including phenoxy) is 1. The molecule has 26 heavy (non-hydrogen) atoms. The number of nitrogens with one attached hydrogen (secondary N) is 1. The number of carbonyl (C=O) groups excluding carboxylic acids is 2. The van der Waals surface area contributed by atoms with Crippen LogP contribution in [0, 0.1) is 23.2 Å². The lowest BCUT2D eigenvalue weighted by molar-refractivity contribution is -0.150. The molecule has 1 N–H and O–H groups in total. The Kier molecular flexibility index (Phi) is 6.97. The van der Waals surface area contributed by atoms with Crippen LogP contribution < -0.4 is 5.32 Å². The van der Waals surface area contributed by atoms with Crippen LogP contribution >= 0.6 is 0 Å². The number of rotatable bonds is 5. The average Bonchev–Trinajstić information content (AvgIpc) is 2.64. The average molecular weight is 354 g/mol. The van der Waals surface area contributed by atoms with E-state index in [1.54, 1.807) is 37.3 Å². The summed E-state index contributed by atoms with van der Waals surface area (Å²) in [5.41, 5.74) is 1.34. The molecule has 1 aromatic rings. The van der Waals surface area contributed by atoms with Crippen molar-refractivity contribution in [1.82, 2.24) is 5.32 Å². The summed E-state index contributed by atoms with van der Waals surface area (Å²) < 4.78 is 5.19. The molecule has 1 fully saturated rings. The van der Waals surface area contributed by atoms with E-state index in [2.05, 4.69) is 19.2 Å². The maximum atomic E-state index is 12.3. The predicted molar refractivity (Wildman–Crippen MR) is 99.9 cm³/mol. The van der Waals surface area contributed by atoms with E-state index >= 15 is 0 Å². The normalized spacial score (nSPS) is 23.8. The fraction of sp³-hybridized carbons (Fsp3) is 0.476. The van der Waals surface area contributed by atoms with Gasteiger partial charge in [-0.15, -0.1) is 0 Å². The lowest BCUT2D eigenvalue weighted by Crippen LogP contribution is -2.47. The van der Waals surface area contributed by atoms with E-state index in [0.29, 0.717) is 17.4 Å². The monoisotopic (exact) mass is 354 g/mol. The van der Waals surface area contributed by atoms with Crippen LogP contribution in [0.5, 0.6) is 0 Å². The Morgan fingerprint density at radius 3 is 2.62 bits per heavy atom. The minimum absolute atomic E-state index is 0.140. The zero-order chi connectivity index (χ0) is 19.1. The van der Waals surface area contributed by atoms with Crippen LogP contribution in [0.2, 0.25) is 0 Å². The highest BCUT2D eigenvalue weighted by Crippen LogP contribution is 2.29. The van der Waals surface area contributed by atoms with Gasteiger partial charge in [-0.3, -0.25) is 4.79 Å². The zero-order valence-electron chi connectivity index (χ0n) is 15.6. The summed E-state index contributed by atoms with van der Waals surface area (Å²) in [4.78, 5) is 24.2.